The van der Waals surface area contributed by atoms with Crippen LogP contribution in [0.1, 0.15) is 48.0 Å². The molecule has 1 N–H and O–H groups in total. The summed E-state index contributed by atoms with van der Waals surface area (Å²) in [6.07, 6.45) is 1.99. The molecule has 7 nitrogen and oxygen atoms in total. The van der Waals surface area contributed by atoms with E-state index in [2.05, 4.69) is 26.9 Å². The van der Waals surface area contributed by atoms with Crippen molar-refractivity contribution >= 4 is 5.78 Å². The third-order valence-corrected chi connectivity index (χ3v) is 5.55. The molecule has 1 aromatic carbocycles. The van der Waals surface area contributed by atoms with Crippen LogP contribution >= 0.6 is 0 Å². The summed E-state index contributed by atoms with van der Waals surface area (Å²) < 4.78 is 11.0. The van der Waals surface area contributed by atoms with Crippen LogP contribution in [0.5, 0.6) is 5.75 Å². The fourth-order valence-corrected chi connectivity index (χ4v) is 3.55. The average Bonchev–Trinajstić information content (AvgIpc) is 3.27. The van der Waals surface area contributed by atoms with Gasteiger partial charge in [-0.05, 0) is 36.4 Å². The quantitative estimate of drug-likeness (QED) is 0.492. The maximum atomic E-state index is 12.3. The highest BCUT2D eigenvalue weighted by Crippen LogP contribution is 2.16. The lowest BCUT2D eigenvalue weighted by atomic mass is 10.1. The van der Waals surface area contributed by atoms with Crippen LogP contribution in [0.25, 0.3) is 0 Å². The first-order valence-electron chi connectivity index (χ1n) is 11.5. The summed E-state index contributed by atoms with van der Waals surface area (Å²) >= 11 is 0. The van der Waals surface area contributed by atoms with Crippen LogP contribution in [-0.4, -0.2) is 58.3 Å². The first-order chi connectivity index (χ1) is 16.4. The molecule has 34 heavy (non-hydrogen) atoms. The Morgan fingerprint density at radius 1 is 1.12 bits per heavy atom. The molecule has 1 aliphatic heterocycles. The number of likely N-dealkylation sites (tertiary alicyclic amines) is 1. The monoisotopic (exact) mass is 459 g/mol. The summed E-state index contributed by atoms with van der Waals surface area (Å²) in [4.78, 5) is 18.9. The van der Waals surface area contributed by atoms with E-state index in [9.17, 15) is 9.90 Å². The standard InChI is InChI=1S/C27H29N3O4/c1-19(2)27-15-23(29-34-27)14-24(31)13-22-8-5-21(16-28-22)4-3-20-6-9-26(10-7-20)33-12-11-30-17-25(32)18-30/h5-10,15-16,19,25,32H,11-14,17-18H2,1-2H3. The summed E-state index contributed by atoms with van der Waals surface area (Å²) in [7, 11) is 0. The van der Waals surface area contributed by atoms with Crippen molar-refractivity contribution in [1.29, 1.82) is 0 Å². The Balaban J connectivity index is 1.24. The molecule has 1 aliphatic rings. The predicted octanol–water partition coefficient (Wildman–Crippen LogP) is 3.00. The Kier molecular flexibility index (Phi) is 7.73. The molecule has 4 rings (SSSR count). The zero-order valence-corrected chi connectivity index (χ0v) is 19.5. The normalized spacial score (nSPS) is 13.9. The lowest BCUT2D eigenvalue weighted by molar-refractivity contribution is -0.117. The molecule has 7 heteroatoms. The second kappa shape index (κ2) is 11.1. The molecular weight excluding hydrogens is 430 g/mol. The molecule has 176 valence electrons. The SMILES string of the molecule is CC(C)c1cc(CC(=O)Cc2ccc(C#Cc3ccc(OCCN4CC(O)C4)cc3)cn2)no1. The summed E-state index contributed by atoms with van der Waals surface area (Å²) in [5.41, 5.74) is 3.03. The van der Waals surface area contributed by atoms with E-state index in [0.717, 1.165) is 42.3 Å². The molecule has 0 unspecified atom stereocenters. The topological polar surface area (TPSA) is 88.7 Å². The van der Waals surface area contributed by atoms with Gasteiger partial charge in [-0.15, -0.1) is 0 Å². The van der Waals surface area contributed by atoms with E-state index in [0.29, 0.717) is 18.0 Å². The average molecular weight is 460 g/mol. The lowest BCUT2D eigenvalue weighted by Crippen LogP contribution is -2.51. The molecule has 3 aromatic rings. The molecule has 0 radical (unpaired) electrons. The van der Waals surface area contributed by atoms with Gasteiger partial charge in [-0.2, -0.15) is 0 Å². The number of ketones is 1. The van der Waals surface area contributed by atoms with Gasteiger partial charge in [0.15, 0.2) is 0 Å². The number of aliphatic hydroxyl groups excluding tert-OH is 1. The number of ether oxygens (including phenoxy) is 1. The van der Waals surface area contributed by atoms with E-state index in [1.165, 1.54) is 0 Å². The second-order valence-electron chi connectivity index (χ2n) is 8.84. The van der Waals surface area contributed by atoms with Crippen LogP contribution in [0.15, 0.2) is 53.2 Å². The van der Waals surface area contributed by atoms with Crippen LogP contribution in [-0.2, 0) is 17.6 Å². The minimum Gasteiger partial charge on any atom is -0.492 e. The largest absolute Gasteiger partial charge is 0.492 e. The first kappa shape index (κ1) is 23.7. The van der Waals surface area contributed by atoms with Crippen molar-refractivity contribution in [2.24, 2.45) is 0 Å². The molecule has 0 saturated carbocycles. The van der Waals surface area contributed by atoms with Gasteiger partial charge in [0.25, 0.3) is 0 Å². The minimum absolute atomic E-state index is 0.0414. The molecule has 3 heterocycles. The third kappa shape index (κ3) is 6.77. The highest BCUT2D eigenvalue weighted by molar-refractivity contribution is 5.82. The number of hydrogen-bond acceptors (Lipinski definition) is 7. The fraction of sp³-hybridized carbons (Fsp3) is 0.370. The van der Waals surface area contributed by atoms with Crippen LogP contribution in [0, 0.1) is 11.8 Å². The number of carbonyl (C=O) groups excluding carboxylic acids is 1. The summed E-state index contributed by atoms with van der Waals surface area (Å²) in [5.74, 6) is 8.10. The van der Waals surface area contributed by atoms with Crippen molar-refractivity contribution in [3.63, 3.8) is 0 Å². The van der Waals surface area contributed by atoms with Crippen LogP contribution in [0.4, 0.5) is 0 Å². The fourth-order valence-electron chi connectivity index (χ4n) is 3.55. The number of aliphatic hydroxyl groups is 1. The Morgan fingerprint density at radius 3 is 2.47 bits per heavy atom. The van der Waals surface area contributed by atoms with E-state index in [4.69, 9.17) is 9.26 Å². The molecule has 0 bridgehead atoms. The van der Waals surface area contributed by atoms with Gasteiger partial charge in [0.1, 0.15) is 23.9 Å². The van der Waals surface area contributed by atoms with E-state index < -0.39 is 0 Å². The number of hydrogen-bond donors (Lipinski definition) is 1. The summed E-state index contributed by atoms with van der Waals surface area (Å²) in [6.45, 7) is 6.91. The number of β-amino-alcohol motifs (C(OH)–C–C–N with tert-alkyl or cyclic N) is 1. The number of benzene rings is 1. The first-order valence-corrected chi connectivity index (χ1v) is 11.5. The summed E-state index contributed by atoms with van der Waals surface area (Å²) in [5, 5.41) is 13.3. The van der Waals surface area contributed by atoms with E-state index in [-0.39, 0.29) is 30.6 Å². The Hall–Kier alpha value is -3.47. The maximum absolute atomic E-state index is 12.3. The van der Waals surface area contributed by atoms with Crippen molar-refractivity contribution in [3.05, 3.63) is 76.9 Å². The van der Waals surface area contributed by atoms with Gasteiger partial charge in [-0.3, -0.25) is 14.7 Å². The molecule has 0 amide bonds. The summed E-state index contributed by atoms with van der Waals surface area (Å²) in [6, 6.07) is 13.2. The van der Waals surface area contributed by atoms with Crippen molar-refractivity contribution in [3.8, 4) is 17.6 Å². The van der Waals surface area contributed by atoms with E-state index in [1.54, 1.807) is 6.20 Å². The number of carbonyl (C=O) groups is 1. The second-order valence-corrected chi connectivity index (χ2v) is 8.84. The molecule has 0 atom stereocenters. The predicted molar refractivity (Wildman–Crippen MR) is 128 cm³/mol. The van der Waals surface area contributed by atoms with Gasteiger partial charge in [-0.25, -0.2) is 0 Å². The highest BCUT2D eigenvalue weighted by atomic mass is 16.5. The number of rotatable bonds is 9. The number of pyridine rings is 1. The molecule has 1 fully saturated rings. The minimum atomic E-state index is -0.185. The number of Topliss-reactive ketones (excluding diaryl/α,β-unsaturated/α-hetero) is 1. The highest BCUT2D eigenvalue weighted by Gasteiger charge is 2.23. The van der Waals surface area contributed by atoms with Crippen LogP contribution < -0.4 is 4.74 Å². The Labute approximate surface area is 199 Å². The zero-order valence-electron chi connectivity index (χ0n) is 19.5. The number of aromatic nitrogens is 2. The third-order valence-electron chi connectivity index (χ3n) is 5.55. The van der Waals surface area contributed by atoms with Gasteiger partial charge in [-0.1, -0.05) is 30.8 Å². The van der Waals surface area contributed by atoms with Crippen LogP contribution in [0.2, 0.25) is 0 Å². The van der Waals surface area contributed by atoms with Gasteiger partial charge in [0.2, 0.25) is 0 Å². The van der Waals surface area contributed by atoms with Gasteiger partial charge in [0, 0.05) is 61.1 Å². The van der Waals surface area contributed by atoms with Gasteiger partial charge >= 0.3 is 0 Å². The van der Waals surface area contributed by atoms with Gasteiger partial charge in [0.05, 0.1) is 18.2 Å². The smallest absolute Gasteiger partial charge is 0.144 e. The molecule has 0 spiro atoms. The Bertz CT molecular complexity index is 1150. The van der Waals surface area contributed by atoms with Crippen LogP contribution in [0.3, 0.4) is 0 Å². The zero-order chi connectivity index (χ0) is 23.9. The molecular formula is C27H29N3O4. The van der Waals surface area contributed by atoms with E-state index >= 15 is 0 Å². The van der Waals surface area contributed by atoms with E-state index in [1.807, 2.05) is 56.3 Å². The van der Waals surface area contributed by atoms with Crippen molar-refractivity contribution in [2.75, 3.05) is 26.2 Å². The maximum Gasteiger partial charge on any atom is 0.144 e. The van der Waals surface area contributed by atoms with Crippen molar-refractivity contribution in [2.45, 2.75) is 38.7 Å². The Morgan fingerprint density at radius 2 is 1.82 bits per heavy atom. The molecule has 2 aromatic heterocycles. The van der Waals surface area contributed by atoms with Crippen molar-refractivity contribution < 1.29 is 19.2 Å². The van der Waals surface area contributed by atoms with Gasteiger partial charge < -0.3 is 14.4 Å². The number of nitrogens with zero attached hydrogens (tertiary/aromatic N) is 3. The lowest BCUT2D eigenvalue weighted by Gasteiger charge is -2.35. The van der Waals surface area contributed by atoms with Crippen molar-refractivity contribution in [1.82, 2.24) is 15.0 Å². The molecule has 0 aliphatic carbocycles. The molecule has 1 saturated heterocycles.